The lowest BCUT2D eigenvalue weighted by molar-refractivity contribution is 0.0596. The van der Waals surface area contributed by atoms with Crippen molar-refractivity contribution in [2.24, 2.45) is 5.92 Å². The molecule has 34 heavy (non-hydrogen) atoms. The summed E-state index contributed by atoms with van der Waals surface area (Å²) in [6.07, 6.45) is 2.69. The maximum Gasteiger partial charge on any atom is 0.343 e. The molecule has 4 rings (SSSR count). The van der Waals surface area contributed by atoms with E-state index in [1.54, 1.807) is 12.1 Å². The van der Waals surface area contributed by atoms with E-state index in [0.29, 0.717) is 30.7 Å². The Kier molecular flexibility index (Phi) is 6.99. The summed E-state index contributed by atoms with van der Waals surface area (Å²) in [5.74, 6) is -0.119. The summed E-state index contributed by atoms with van der Waals surface area (Å²) in [5, 5.41) is 3.04. The normalized spacial score (nSPS) is 18.5. The molecule has 2 atom stereocenters. The molecule has 0 aromatic heterocycles. The predicted molar refractivity (Wildman–Crippen MR) is 128 cm³/mol. The van der Waals surface area contributed by atoms with Gasteiger partial charge in [-0.25, -0.2) is 17.6 Å². The average molecular weight is 492 g/mol. The van der Waals surface area contributed by atoms with Crippen molar-refractivity contribution in [3.63, 3.8) is 0 Å². The van der Waals surface area contributed by atoms with Crippen LogP contribution in [0.4, 0.5) is 15.8 Å². The Labute approximate surface area is 199 Å². The number of esters is 1. The van der Waals surface area contributed by atoms with Gasteiger partial charge in [-0.05, 0) is 75.6 Å². The van der Waals surface area contributed by atoms with Crippen LogP contribution in [0.5, 0.6) is 5.75 Å². The van der Waals surface area contributed by atoms with Gasteiger partial charge in [-0.2, -0.15) is 0 Å². The lowest BCUT2D eigenvalue weighted by atomic mass is 10.0. The van der Waals surface area contributed by atoms with Gasteiger partial charge >= 0.3 is 5.97 Å². The maximum atomic E-state index is 13.9. The number of anilines is 2. The van der Waals surface area contributed by atoms with E-state index in [1.165, 1.54) is 13.2 Å². The minimum Gasteiger partial charge on any atom is -0.492 e. The summed E-state index contributed by atoms with van der Waals surface area (Å²) in [4.78, 5) is 14.6. The lowest BCUT2D eigenvalue weighted by Crippen LogP contribution is -2.20. The van der Waals surface area contributed by atoms with Crippen molar-refractivity contribution in [1.82, 2.24) is 4.90 Å². The van der Waals surface area contributed by atoms with E-state index in [2.05, 4.69) is 14.9 Å². The second kappa shape index (κ2) is 9.79. The third kappa shape index (κ3) is 5.12. The van der Waals surface area contributed by atoms with Gasteiger partial charge in [-0.1, -0.05) is 6.07 Å². The Morgan fingerprint density at radius 3 is 2.74 bits per heavy atom. The summed E-state index contributed by atoms with van der Waals surface area (Å²) in [6.45, 7) is 1.87. The van der Waals surface area contributed by atoms with Crippen molar-refractivity contribution in [3.8, 4) is 5.75 Å². The van der Waals surface area contributed by atoms with Crippen LogP contribution in [-0.2, 0) is 14.8 Å². The fourth-order valence-electron chi connectivity index (χ4n) is 4.29. The molecule has 1 heterocycles. The molecule has 8 nitrogen and oxygen atoms in total. The molecule has 0 spiro atoms. The van der Waals surface area contributed by atoms with Crippen molar-refractivity contribution in [3.05, 3.63) is 47.3 Å². The number of hydrogen-bond donors (Lipinski definition) is 2. The first kappa shape index (κ1) is 24.3. The van der Waals surface area contributed by atoms with Crippen molar-refractivity contribution in [2.45, 2.75) is 30.1 Å². The summed E-state index contributed by atoms with van der Waals surface area (Å²) in [5.41, 5.74) is 1.16. The van der Waals surface area contributed by atoms with E-state index < -0.39 is 21.8 Å². The summed E-state index contributed by atoms with van der Waals surface area (Å²) in [6, 6.07) is 6.81. The molecule has 2 N–H and O–H groups in total. The Morgan fingerprint density at radius 1 is 1.21 bits per heavy atom. The standard InChI is InChI=1S/C24H30FN3O5S/c1-28(2)11-5-4-10-26-20-13-16(25)6-9-21(20)34(30,31)27-19-8-7-17-18-12-15(18)14-33-23(17)22(19)24(29)32-3/h6-9,13,15,18,26-27H,4-5,10-12,14H2,1-3H3. The number of carbonyl (C=O) groups is 1. The molecule has 0 amide bonds. The molecule has 2 aromatic rings. The van der Waals surface area contributed by atoms with Gasteiger partial charge in [0.05, 0.1) is 25.1 Å². The molecule has 1 aliphatic carbocycles. The first-order chi connectivity index (χ1) is 16.2. The number of benzene rings is 2. The molecule has 2 aromatic carbocycles. The summed E-state index contributed by atoms with van der Waals surface area (Å²) >= 11 is 0. The minimum absolute atomic E-state index is 0.0502. The molecule has 0 bridgehead atoms. The second-order valence-corrected chi connectivity index (χ2v) is 10.6. The largest absolute Gasteiger partial charge is 0.492 e. The van der Waals surface area contributed by atoms with Gasteiger partial charge in [0, 0.05) is 12.5 Å². The Bertz CT molecular complexity index is 1190. The number of halogens is 1. The smallest absolute Gasteiger partial charge is 0.343 e. The van der Waals surface area contributed by atoms with Crippen LogP contribution in [0.15, 0.2) is 35.2 Å². The van der Waals surface area contributed by atoms with Gasteiger partial charge in [0.2, 0.25) is 0 Å². The quantitative estimate of drug-likeness (QED) is 0.387. The second-order valence-electron chi connectivity index (χ2n) is 8.99. The minimum atomic E-state index is -4.16. The first-order valence-corrected chi connectivity index (χ1v) is 12.8. The van der Waals surface area contributed by atoms with Crippen LogP contribution in [-0.4, -0.2) is 60.2 Å². The molecule has 2 unspecified atom stereocenters. The molecule has 1 saturated carbocycles. The molecule has 1 fully saturated rings. The van der Waals surface area contributed by atoms with E-state index >= 15 is 0 Å². The zero-order valence-corrected chi connectivity index (χ0v) is 20.4. The number of nitrogens with one attached hydrogen (secondary N) is 2. The van der Waals surface area contributed by atoms with Crippen molar-refractivity contribution in [1.29, 1.82) is 0 Å². The third-order valence-electron chi connectivity index (χ3n) is 6.16. The zero-order valence-electron chi connectivity index (χ0n) is 19.6. The molecular weight excluding hydrogens is 461 g/mol. The number of carbonyl (C=O) groups excluding carboxylic acids is 1. The number of fused-ring (bicyclic) bond motifs is 3. The van der Waals surface area contributed by atoms with Crippen LogP contribution in [0.2, 0.25) is 0 Å². The Balaban J connectivity index is 1.61. The molecule has 0 radical (unpaired) electrons. The predicted octanol–water partition coefficient (Wildman–Crippen LogP) is 3.66. The number of unbranched alkanes of at least 4 members (excludes halogenated alkanes) is 1. The number of sulfonamides is 1. The van der Waals surface area contributed by atoms with Crippen molar-refractivity contribution < 1.29 is 27.1 Å². The highest BCUT2D eigenvalue weighted by Gasteiger charge is 2.45. The topological polar surface area (TPSA) is 97.0 Å². The van der Waals surface area contributed by atoms with E-state index in [9.17, 15) is 17.6 Å². The van der Waals surface area contributed by atoms with Crippen molar-refractivity contribution >= 4 is 27.4 Å². The molecule has 1 aliphatic heterocycles. The first-order valence-electron chi connectivity index (χ1n) is 11.3. The number of methoxy groups -OCH3 is 1. The molecule has 10 heteroatoms. The van der Waals surface area contributed by atoms with Crippen molar-refractivity contribution in [2.75, 3.05) is 50.9 Å². The van der Waals surface area contributed by atoms with E-state index in [1.807, 2.05) is 14.1 Å². The molecule has 2 aliphatic rings. The maximum absolute atomic E-state index is 13.9. The molecular formula is C24H30FN3O5S. The lowest BCUT2D eigenvalue weighted by Gasteiger charge is -2.22. The van der Waals surface area contributed by atoms with Crippen LogP contribution in [0, 0.1) is 11.7 Å². The highest BCUT2D eigenvalue weighted by Crippen LogP contribution is 2.55. The molecule has 184 valence electrons. The van der Waals surface area contributed by atoms with Crippen LogP contribution < -0.4 is 14.8 Å². The summed E-state index contributed by atoms with van der Waals surface area (Å²) in [7, 11) is 1.04. The highest BCUT2D eigenvalue weighted by molar-refractivity contribution is 7.92. The summed E-state index contributed by atoms with van der Waals surface area (Å²) < 4.78 is 53.9. The van der Waals surface area contributed by atoms with E-state index in [4.69, 9.17) is 9.47 Å². The van der Waals surface area contributed by atoms with E-state index in [0.717, 1.165) is 43.5 Å². The fraction of sp³-hybridized carbons (Fsp3) is 0.458. The van der Waals surface area contributed by atoms with Gasteiger partial charge in [0.1, 0.15) is 22.0 Å². The number of rotatable bonds is 10. The van der Waals surface area contributed by atoms with Gasteiger partial charge < -0.3 is 19.7 Å². The van der Waals surface area contributed by atoms with Gasteiger partial charge in [0.25, 0.3) is 10.0 Å². The van der Waals surface area contributed by atoms with Gasteiger partial charge in [0.15, 0.2) is 0 Å². The number of ether oxygens (including phenoxy) is 2. The van der Waals surface area contributed by atoms with Gasteiger partial charge in [-0.3, -0.25) is 4.72 Å². The number of hydrogen-bond acceptors (Lipinski definition) is 7. The SMILES string of the molecule is COC(=O)c1c(NS(=O)(=O)c2ccc(F)cc2NCCCCN(C)C)ccc2c1OCC1CC21. The highest BCUT2D eigenvalue weighted by atomic mass is 32.2. The van der Waals surface area contributed by atoms with Gasteiger partial charge in [-0.15, -0.1) is 0 Å². The van der Waals surface area contributed by atoms with Crippen LogP contribution >= 0.6 is 0 Å². The number of nitrogens with zero attached hydrogens (tertiary/aromatic N) is 1. The zero-order chi connectivity index (χ0) is 24.5. The Morgan fingerprint density at radius 2 is 2.00 bits per heavy atom. The average Bonchev–Trinajstić information content (AvgIpc) is 3.58. The fourth-order valence-corrected chi connectivity index (χ4v) is 5.53. The van der Waals surface area contributed by atoms with Crippen LogP contribution in [0.3, 0.4) is 0 Å². The monoisotopic (exact) mass is 491 g/mol. The molecule has 0 saturated heterocycles. The Hall–Kier alpha value is -2.85. The van der Waals surface area contributed by atoms with Crippen LogP contribution in [0.25, 0.3) is 0 Å². The van der Waals surface area contributed by atoms with E-state index in [-0.39, 0.29) is 21.8 Å². The van der Waals surface area contributed by atoms with Crippen LogP contribution in [0.1, 0.15) is 41.1 Å². The third-order valence-corrected chi connectivity index (χ3v) is 7.59.